The second kappa shape index (κ2) is 17.9. The Morgan fingerprint density at radius 3 is 1.02 bits per heavy atom. The van der Waals surface area contributed by atoms with Gasteiger partial charge in [0.05, 0.1) is 6.61 Å². The van der Waals surface area contributed by atoms with Crippen LogP contribution in [0.5, 0.6) is 0 Å². The zero-order valence-electron chi connectivity index (χ0n) is 24.2. The molecule has 0 fully saturated rings. The van der Waals surface area contributed by atoms with Crippen molar-refractivity contribution >= 4 is 5.97 Å². The van der Waals surface area contributed by atoms with E-state index in [-0.39, 0.29) is 19.0 Å². The molecule has 0 radical (unpaired) electrons. The second-order valence-electron chi connectivity index (χ2n) is 10.4. The van der Waals surface area contributed by atoms with Gasteiger partial charge in [-0.15, -0.1) is 0 Å². The summed E-state index contributed by atoms with van der Waals surface area (Å²) in [5.74, 6) is -51.7. The van der Waals surface area contributed by atoms with Crippen molar-refractivity contribution in [3.63, 3.8) is 0 Å². The third kappa shape index (κ3) is 10.5. The molecule has 0 atom stereocenters. The Morgan fingerprint density at radius 1 is 0.432 bits per heavy atom. The molecule has 0 aromatic rings. The van der Waals surface area contributed by atoms with Crippen LogP contribution in [-0.2, 0) is 9.53 Å². The van der Waals surface area contributed by atoms with Gasteiger partial charge in [-0.3, -0.25) is 0 Å². The molecule has 0 rings (SSSR count). The predicted molar refractivity (Wildman–Crippen MR) is 131 cm³/mol. The molecule has 0 aromatic heterocycles. The highest BCUT2D eigenvalue weighted by Crippen LogP contribution is 2.62. The summed E-state index contributed by atoms with van der Waals surface area (Å²) in [5, 5.41) is 0. The van der Waals surface area contributed by atoms with Crippen LogP contribution in [-0.4, -0.2) is 54.3 Å². The zero-order valence-corrected chi connectivity index (χ0v) is 24.2. The Bertz CT molecular complexity index is 818. The smallest absolute Gasteiger partial charge is 0.460 e. The number of unbranched alkanes of at least 4 members (excludes halogenated alkanes) is 15. The van der Waals surface area contributed by atoms with Gasteiger partial charge in [-0.1, -0.05) is 103 Å². The van der Waals surface area contributed by atoms with Crippen LogP contribution in [0.3, 0.4) is 0 Å². The van der Waals surface area contributed by atoms with Gasteiger partial charge in [-0.05, 0) is 6.42 Å². The van der Waals surface area contributed by atoms with E-state index in [0.29, 0.717) is 12.8 Å². The van der Waals surface area contributed by atoms with Crippen LogP contribution < -0.4 is 6.15 Å². The SMILES string of the molecule is CCCCCCCCCCCCCCCCCCOC(=O)C(F)(F)C(F)(F)C(F)(F)C(F)(F)C(F)(F)C(F)(F)C(F)(F)F.N. The lowest BCUT2D eigenvalue weighted by Gasteiger charge is -2.40. The minimum absolute atomic E-state index is 0. The van der Waals surface area contributed by atoms with E-state index in [4.69, 9.17) is 0 Å². The maximum atomic E-state index is 13.8. The Morgan fingerprint density at radius 2 is 0.705 bits per heavy atom. The molecule has 0 aromatic carbocycles. The second-order valence-corrected chi connectivity index (χ2v) is 10.4. The number of esters is 1. The average molecular weight is 684 g/mol. The fourth-order valence-electron chi connectivity index (χ4n) is 4.00. The zero-order chi connectivity index (χ0) is 33.8. The van der Waals surface area contributed by atoms with Gasteiger partial charge >= 0.3 is 47.7 Å². The molecule has 0 aliphatic carbocycles. The minimum atomic E-state index is -8.43. The van der Waals surface area contributed by atoms with Crippen molar-refractivity contribution in [2.75, 3.05) is 6.61 Å². The fourth-order valence-corrected chi connectivity index (χ4v) is 4.00. The molecule has 0 unspecified atom stereocenters. The molecular formula is C26H40F15NO2. The molecule has 0 saturated heterocycles. The molecule has 3 nitrogen and oxygen atoms in total. The van der Waals surface area contributed by atoms with E-state index in [0.717, 1.165) is 38.5 Å². The number of halogens is 15. The fraction of sp³-hybridized carbons (Fsp3) is 0.962. The highest BCUT2D eigenvalue weighted by molar-refractivity contribution is 5.79. The van der Waals surface area contributed by atoms with Crippen molar-refractivity contribution in [2.45, 2.75) is 151 Å². The molecule has 266 valence electrons. The first-order valence-corrected chi connectivity index (χ1v) is 14.0. The van der Waals surface area contributed by atoms with E-state index >= 15 is 0 Å². The minimum Gasteiger partial charge on any atom is -0.461 e. The van der Waals surface area contributed by atoms with Gasteiger partial charge in [0.25, 0.3) is 0 Å². The Labute approximate surface area is 246 Å². The van der Waals surface area contributed by atoms with Gasteiger partial charge < -0.3 is 10.9 Å². The van der Waals surface area contributed by atoms with Gasteiger partial charge in [0, 0.05) is 0 Å². The highest BCUT2D eigenvalue weighted by Gasteiger charge is 2.94. The van der Waals surface area contributed by atoms with Crippen molar-refractivity contribution in [2.24, 2.45) is 0 Å². The van der Waals surface area contributed by atoms with E-state index in [2.05, 4.69) is 11.7 Å². The van der Waals surface area contributed by atoms with Gasteiger partial charge in [-0.25, -0.2) is 4.79 Å². The molecule has 0 spiro atoms. The van der Waals surface area contributed by atoms with E-state index in [1.54, 1.807) is 0 Å². The molecule has 44 heavy (non-hydrogen) atoms. The molecule has 3 N–H and O–H groups in total. The molecule has 18 heteroatoms. The lowest BCUT2D eigenvalue weighted by molar-refractivity contribution is -0.450. The van der Waals surface area contributed by atoms with Crippen molar-refractivity contribution in [1.29, 1.82) is 0 Å². The van der Waals surface area contributed by atoms with E-state index < -0.39 is 54.3 Å². The van der Waals surface area contributed by atoms with Gasteiger partial charge in [0.15, 0.2) is 0 Å². The predicted octanol–water partition coefficient (Wildman–Crippen LogP) is 11.3. The molecule has 0 bridgehead atoms. The standard InChI is InChI=1S/C26H37F15O2.H3N/c1-2-3-4-5-6-7-8-9-10-11-12-13-14-15-16-17-18-43-19(42)20(27,28)21(29,30)22(31,32)23(33,34)24(35,36)25(37,38)26(39,40)41;/h2-18H2,1H3;1H3. The number of hydrogen-bond donors (Lipinski definition) is 1. The topological polar surface area (TPSA) is 61.3 Å². The number of ether oxygens (including phenoxy) is 1. The normalized spacial score (nSPS) is 14.0. The molecule has 0 aliphatic heterocycles. The van der Waals surface area contributed by atoms with Gasteiger partial charge in [-0.2, -0.15) is 65.9 Å². The van der Waals surface area contributed by atoms with Crippen molar-refractivity contribution < 1.29 is 75.4 Å². The molecule has 0 heterocycles. The summed E-state index contributed by atoms with van der Waals surface area (Å²) in [6.45, 7) is 1.03. The third-order valence-electron chi connectivity index (χ3n) is 6.82. The van der Waals surface area contributed by atoms with Crippen LogP contribution >= 0.6 is 0 Å². The lowest BCUT2D eigenvalue weighted by atomic mass is 9.91. The van der Waals surface area contributed by atoms with E-state index in [1.807, 2.05) is 0 Å². The number of hydrogen-bond acceptors (Lipinski definition) is 3. The van der Waals surface area contributed by atoms with Crippen LogP contribution in [0.4, 0.5) is 65.9 Å². The highest BCUT2D eigenvalue weighted by atomic mass is 19.4. The Hall–Kier alpha value is -1.62. The monoisotopic (exact) mass is 683 g/mol. The summed E-state index contributed by atoms with van der Waals surface area (Å²) in [5.41, 5.74) is 0. The van der Waals surface area contributed by atoms with E-state index in [9.17, 15) is 70.7 Å². The van der Waals surface area contributed by atoms with Gasteiger partial charge in [0.1, 0.15) is 0 Å². The van der Waals surface area contributed by atoms with E-state index in [1.165, 1.54) is 38.5 Å². The summed E-state index contributed by atoms with van der Waals surface area (Å²) in [6.07, 6.45) is 6.60. The van der Waals surface area contributed by atoms with Crippen LogP contribution in [0.2, 0.25) is 0 Å². The maximum Gasteiger partial charge on any atom is 0.460 e. The molecule has 0 amide bonds. The summed E-state index contributed by atoms with van der Waals surface area (Å²) in [6, 6.07) is 0. The first-order chi connectivity index (χ1) is 19.5. The van der Waals surface area contributed by atoms with Crippen LogP contribution in [0.15, 0.2) is 0 Å². The number of alkyl halides is 15. The number of carbonyl (C=O) groups is 1. The Balaban J connectivity index is 0. The average Bonchev–Trinajstić information content (AvgIpc) is 2.88. The van der Waals surface area contributed by atoms with Crippen LogP contribution in [0, 0.1) is 0 Å². The third-order valence-corrected chi connectivity index (χ3v) is 6.82. The van der Waals surface area contributed by atoms with Crippen molar-refractivity contribution in [3.05, 3.63) is 0 Å². The quantitative estimate of drug-likeness (QED) is 0.0662. The van der Waals surface area contributed by atoms with Crippen molar-refractivity contribution in [1.82, 2.24) is 6.15 Å². The summed E-state index contributed by atoms with van der Waals surface area (Å²) < 4.78 is 201. The Kier molecular flexibility index (Phi) is 18.1. The summed E-state index contributed by atoms with van der Waals surface area (Å²) >= 11 is 0. The first-order valence-electron chi connectivity index (χ1n) is 14.0. The maximum absolute atomic E-state index is 13.8. The number of carbonyl (C=O) groups excluding carboxylic acids is 1. The van der Waals surface area contributed by atoms with Crippen LogP contribution in [0.1, 0.15) is 110 Å². The molecule has 0 aliphatic rings. The summed E-state index contributed by atoms with van der Waals surface area (Å²) in [4.78, 5) is 11.3. The summed E-state index contributed by atoms with van der Waals surface area (Å²) in [7, 11) is 0. The van der Waals surface area contributed by atoms with Crippen molar-refractivity contribution in [3.8, 4) is 0 Å². The molecular weight excluding hydrogens is 643 g/mol. The molecule has 0 saturated carbocycles. The largest absolute Gasteiger partial charge is 0.461 e. The number of rotatable bonds is 23. The first kappa shape index (κ1) is 44.5. The van der Waals surface area contributed by atoms with Crippen LogP contribution in [0.25, 0.3) is 0 Å². The lowest BCUT2D eigenvalue weighted by Crippen LogP contribution is -2.73. The van der Waals surface area contributed by atoms with Gasteiger partial charge in [0.2, 0.25) is 0 Å².